The van der Waals surface area contributed by atoms with Crippen LogP contribution in [0.15, 0.2) is 12.1 Å². The van der Waals surface area contributed by atoms with Crippen LogP contribution in [-0.2, 0) is 10.2 Å². The summed E-state index contributed by atoms with van der Waals surface area (Å²) in [6.45, 7) is 4.34. The third-order valence-corrected chi connectivity index (χ3v) is 4.86. The number of morpholine rings is 1. The first-order valence-corrected chi connectivity index (χ1v) is 7.96. The van der Waals surface area contributed by atoms with E-state index in [0.29, 0.717) is 18.4 Å². The molecule has 0 radical (unpaired) electrons. The summed E-state index contributed by atoms with van der Waals surface area (Å²) >= 11 is 6.24. The molecule has 1 aliphatic carbocycles. The molecule has 1 aliphatic heterocycles. The van der Waals surface area contributed by atoms with Crippen molar-refractivity contribution < 1.29 is 4.74 Å². The molecular weight excluding hydrogens is 286 g/mol. The molecule has 1 aromatic heterocycles. The number of hydrogen-bond acceptors (Lipinski definition) is 4. The van der Waals surface area contributed by atoms with E-state index in [9.17, 15) is 5.26 Å². The maximum Gasteiger partial charge on any atom is 0.131 e. The Morgan fingerprint density at radius 3 is 2.86 bits per heavy atom. The Labute approximate surface area is 130 Å². The van der Waals surface area contributed by atoms with Crippen LogP contribution in [-0.4, -0.2) is 30.8 Å². The summed E-state index contributed by atoms with van der Waals surface area (Å²) in [5.74, 6) is 0.870. The molecule has 0 aromatic carbocycles. The fourth-order valence-corrected chi connectivity index (χ4v) is 3.62. The topological polar surface area (TPSA) is 49.1 Å². The summed E-state index contributed by atoms with van der Waals surface area (Å²) in [5.41, 5.74) is 0.646. The Morgan fingerprint density at radius 1 is 1.43 bits per heavy atom. The molecule has 0 amide bonds. The van der Waals surface area contributed by atoms with E-state index in [0.717, 1.165) is 43.6 Å². The lowest BCUT2D eigenvalue weighted by atomic mass is 9.81. The Hall–Kier alpha value is -1.31. The van der Waals surface area contributed by atoms with Crippen LogP contribution in [0.2, 0.25) is 5.15 Å². The summed E-state index contributed by atoms with van der Waals surface area (Å²) in [4.78, 5) is 6.69. The van der Waals surface area contributed by atoms with E-state index in [1.54, 1.807) is 0 Å². The van der Waals surface area contributed by atoms with Crippen LogP contribution in [0.1, 0.15) is 38.2 Å². The highest BCUT2D eigenvalue weighted by Crippen LogP contribution is 2.42. The molecule has 5 heteroatoms. The minimum atomic E-state index is -0.378. The Bertz CT molecular complexity index is 563. The number of rotatable bonds is 2. The standard InChI is InChI=1S/C16H20ClN3O/c1-12-10-21-7-6-20(12)15-9-13(8-14(17)19-15)16(11-18)4-2-3-5-16/h8-9,12H,2-7,10H2,1H3/t12-/m1/s1. The monoisotopic (exact) mass is 305 g/mol. The smallest absolute Gasteiger partial charge is 0.131 e. The van der Waals surface area contributed by atoms with Gasteiger partial charge in [-0.05, 0) is 37.5 Å². The van der Waals surface area contributed by atoms with E-state index in [2.05, 4.69) is 28.9 Å². The van der Waals surface area contributed by atoms with Gasteiger partial charge in [0.05, 0.1) is 30.7 Å². The molecule has 1 saturated carbocycles. The summed E-state index contributed by atoms with van der Waals surface area (Å²) in [6, 6.07) is 6.73. The van der Waals surface area contributed by atoms with Crippen molar-refractivity contribution in [3.05, 3.63) is 22.8 Å². The Balaban J connectivity index is 1.98. The second-order valence-electron chi connectivity index (χ2n) is 6.06. The fraction of sp³-hybridized carbons (Fsp3) is 0.625. The van der Waals surface area contributed by atoms with E-state index in [1.807, 2.05) is 6.07 Å². The first kappa shape index (κ1) is 14.6. The van der Waals surface area contributed by atoms with Gasteiger partial charge in [-0.15, -0.1) is 0 Å². The first-order valence-electron chi connectivity index (χ1n) is 7.58. The van der Waals surface area contributed by atoms with Crippen molar-refractivity contribution in [3.63, 3.8) is 0 Å². The van der Waals surface area contributed by atoms with Gasteiger partial charge in [0, 0.05) is 6.54 Å². The molecule has 1 saturated heterocycles. The zero-order valence-corrected chi connectivity index (χ0v) is 13.1. The number of halogens is 1. The highest BCUT2D eigenvalue weighted by atomic mass is 35.5. The summed E-state index contributed by atoms with van der Waals surface area (Å²) in [5, 5.41) is 10.1. The van der Waals surface area contributed by atoms with E-state index in [1.165, 1.54) is 0 Å². The normalized spacial score (nSPS) is 24.8. The van der Waals surface area contributed by atoms with Crippen LogP contribution < -0.4 is 4.90 Å². The third-order valence-electron chi connectivity index (χ3n) is 4.67. The van der Waals surface area contributed by atoms with Crippen molar-refractivity contribution in [1.82, 2.24) is 4.98 Å². The number of anilines is 1. The molecule has 0 bridgehead atoms. The molecule has 0 N–H and O–H groups in total. The highest BCUT2D eigenvalue weighted by Gasteiger charge is 2.37. The third kappa shape index (κ3) is 2.73. The van der Waals surface area contributed by atoms with Crippen molar-refractivity contribution >= 4 is 17.4 Å². The van der Waals surface area contributed by atoms with Crippen LogP contribution in [0.4, 0.5) is 5.82 Å². The molecule has 2 heterocycles. The first-order chi connectivity index (χ1) is 10.1. The van der Waals surface area contributed by atoms with Gasteiger partial charge < -0.3 is 9.64 Å². The maximum atomic E-state index is 9.67. The summed E-state index contributed by atoms with van der Waals surface area (Å²) in [6.07, 6.45) is 4.05. The van der Waals surface area contributed by atoms with E-state index >= 15 is 0 Å². The minimum Gasteiger partial charge on any atom is -0.377 e. The fourth-order valence-electron chi connectivity index (χ4n) is 3.42. The van der Waals surface area contributed by atoms with Gasteiger partial charge in [0.1, 0.15) is 11.0 Å². The van der Waals surface area contributed by atoms with Gasteiger partial charge in [-0.2, -0.15) is 5.26 Å². The predicted molar refractivity (Wildman–Crippen MR) is 82.6 cm³/mol. The Morgan fingerprint density at radius 2 is 2.19 bits per heavy atom. The number of aromatic nitrogens is 1. The molecule has 0 spiro atoms. The van der Waals surface area contributed by atoms with Crippen LogP contribution >= 0.6 is 11.6 Å². The zero-order valence-electron chi connectivity index (χ0n) is 12.3. The molecule has 0 unspecified atom stereocenters. The zero-order chi connectivity index (χ0) is 14.9. The van der Waals surface area contributed by atoms with Crippen LogP contribution in [0.25, 0.3) is 0 Å². The molecular formula is C16H20ClN3O. The van der Waals surface area contributed by atoms with E-state index in [-0.39, 0.29) is 11.5 Å². The molecule has 21 heavy (non-hydrogen) atoms. The van der Waals surface area contributed by atoms with Gasteiger partial charge in [-0.1, -0.05) is 24.4 Å². The minimum absolute atomic E-state index is 0.277. The number of pyridine rings is 1. The molecule has 1 atom stereocenters. The van der Waals surface area contributed by atoms with Gasteiger partial charge in [-0.3, -0.25) is 0 Å². The van der Waals surface area contributed by atoms with Gasteiger partial charge in [0.2, 0.25) is 0 Å². The Kier molecular flexibility index (Phi) is 4.05. The molecule has 2 aliphatic rings. The molecule has 1 aromatic rings. The highest BCUT2D eigenvalue weighted by molar-refractivity contribution is 6.29. The largest absolute Gasteiger partial charge is 0.377 e. The van der Waals surface area contributed by atoms with Crippen molar-refractivity contribution in [2.45, 2.75) is 44.1 Å². The summed E-state index contributed by atoms with van der Waals surface area (Å²) in [7, 11) is 0. The van der Waals surface area contributed by atoms with E-state index < -0.39 is 0 Å². The van der Waals surface area contributed by atoms with Gasteiger partial charge in [0.25, 0.3) is 0 Å². The average Bonchev–Trinajstić information content (AvgIpc) is 2.97. The maximum absolute atomic E-state index is 9.67. The lowest BCUT2D eigenvalue weighted by Crippen LogP contribution is -2.44. The quantitative estimate of drug-likeness (QED) is 0.787. The second-order valence-corrected chi connectivity index (χ2v) is 6.44. The summed E-state index contributed by atoms with van der Waals surface area (Å²) < 4.78 is 5.48. The van der Waals surface area contributed by atoms with Crippen LogP contribution in [0, 0.1) is 11.3 Å². The van der Waals surface area contributed by atoms with Gasteiger partial charge in [-0.25, -0.2) is 4.98 Å². The SMILES string of the molecule is C[C@@H]1COCCN1c1cc(C2(C#N)CCCC2)cc(Cl)n1. The van der Waals surface area contributed by atoms with Crippen molar-refractivity contribution in [2.75, 3.05) is 24.7 Å². The van der Waals surface area contributed by atoms with E-state index in [4.69, 9.17) is 16.3 Å². The number of nitrogens with zero attached hydrogens (tertiary/aromatic N) is 3. The average molecular weight is 306 g/mol. The van der Waals surface area contributed by atoms with Crippen molar-refractivity contribution in [1.29, 1.82) is 5.26 Å². The predicted octanol–water partition coefficient (Wildman–Crippen LogP) is 3.30. The number of ether oxygens (including phenoxy) is 1. The molecule has 2 fully saturated rings. The lowest BCUT2D eigenvalue weighted by molar-refractivity contribution is 0.0985. The van der Waals surface area contributed by atoms with Crippen molar-refractivity contribution in [3.8, 4) is 6.07 Å². The van der Waals surface area contributed by atoms with Crippen molar-refractivity contribution in [2.24, 2.45) is 0 Å². The van der Waals surface area contributed by atoms with Gasteiger partial charge in [0.15, 0.2) is 0 Å². The second kappa shape index (κ2) is 5.82. The lowest BCUT2D eigenvalue weighted by Gasteiger charge is -2.35. The molecule has 112 valence electrons. The van der Waals surface area contributed by atoms with Gasteiger partial charge >= 0.3 is 0 Å². The molecule has 4 nitrogen and oxygen atoms in total. The number of nitriles is 1. The molecule has 3 rings (SSSR count). The number of hydrogen-bond donors (Lipinski definition) is 0. The van der Waals surface area contributed by atoms with Crippen LogP contribution in [0.3, 0.4) is 0 Å². The van der Waals surface area contributed by atoms with Crippen LogP contribution in [0.5, 0.6) is 0 Å².